The highest BCUT2D eigenvalue weighted by Crippen LogP contribution is 2.28. The number of hydrogen-bond donors (Lipinski definition) is 2. The summed E-state index contributed by atoms with van der Waals surface area (Å²) in [5.74, 6) is -1.39. The first kappa shape index (κ1) is 18.6. The molecule has 1 unspecified atom stereocenters. The van der Waals surface area contributed by atoms with E-state index in [0.717, 1.165) is 10.5 Å². The molecule has 1 atom stereocenters. The molecule has 2 aromatic rings. The van der Waals surface area contributed by atoms with Gasteiger partial charge in [0, 0.05) is 6.54 Å². The maximum absolute atomic E-state index is 13.2. The normalized spacial score (nSPS) is 19.1. The van der Waals surface area contributed by atoms with Gasteiger partial charge in [0.2, 0.25) is 5.91 Å². The van der Waals surface area contributed by atoms with E-state index in [-0.39, 0.29) is 6.54 Å². The summed E-state index contributed by atoms with van der Waals surface area (Å²) in [6, 6.07) is 12.5. The maximum atomic E-state index is 13.2. The van der Waals surface area contributed by atoms with Crippen molar-refractivity contribution in [2.75, 3.05) is 6.54 Å². The molecule has 1 saturated heterocycles. The van der Waals surface area contributed by atoms with Crippen LogP contribution in [-0.4, -0.2) is 29.3 Å². The van der Waals surface area contributed by atoms with Gasteiger partial charge >= 0.3 is 6.03 Å². The molecule has 0 aromatic heterocycles. The fourth-order valence-electron chi connectivity index (χ4n) is 2.97. The van der Waals surface area contributed by atoms with Crippen LogP contribution >= 0.6 is 0 Å². The van der Waals surface area contributed by atoms with E-state index in [1.807, 2.05) is 19.1 Å². The van der Waals surface area contributed by atoms with Gasteiger partial charge in [-0.05, 0) is 37.1 Å². The number of hydrogen-bond acceptors (Lipinski definition) is 3. The summed E-state index contributed by atoms with van der Waals surface area (Å²) >= 11 is 0. The first-order valence-electron chi connectivity index (χ1n) is 8.52. The van der Waals surface area contributed by atoms with Gasteiger partial charge in [-0.3, -0.25) is 14.5 Å². The predicted molar refractivity (Wildman–Crippen MR) is 97.0 cm³/mol. The molecule has 2 aromatic carbocycles. The van der Waals surface area contributed by atoms with Crippen LogP contribution in [0.5, 0.6) is 0 Å². The van der Waals surface area contributed by atoms with Crippen molar-refractivity contribution in [1.82, 2.24) is 15.5 Å². The lowest BCUT2D eigenvalue weighted by atomic mass is 9.91. The number of nitrogens with one attached hydrogen (secondary N) is 2. The molecule has 0 radical (unpaired) electrons. The number of nitrogens with zero attached hydrogens (tertiary/aromatic N) is 1. The van der Waals surface area contributed by atoms with E-state index in [1.54, 1.807) is 31.2 Å². The molecule has 0 aliphatic carbocycles. The average molecular weight is 369 g/mol. The molecule has 1 aliphatic rings. The lowest BCUT2D eigenvalue weighted by Gasteiger charge is -2.22. The minimum atomic E-state index is -1.21. The Bertz CT molecular complexity index is 898. The molecule has 0 bridgehead atoms. The number of amides is 4. The van der Waals surface area contributed by atoms with Gasteiger partial charge in [0.15, 0.2) is 0 Å². The second-order valence-electron chi connectivity index (χ2n) is 6.72. The Balaban J connectivity index is 1.66. The van der Waals surface area contributed by atoms with Crippen molar-refractivity contribution in [3.8, 4) is 0 Å². The van der Waals surface area contributed by atoms with Gasteiger partial charge in [0.05, 0.1) is 0 Å². The van der Waals surface area contributed by atoms with Gasteiger partial charge in [0.1, 0.15) is 17.9 Å². The highest BCUT2D eigenvalue weighted by Gasteiger charge is 2.49. The lowest BCUT2D eigenvalue weighted by Crippen LogP contribution is -2.43. The largest absolute Gasteiger partial charge is 0.350 e. The van der Waals surface area contributed by atoms with Crippen molar-refractivity contribution in [3.05, 3.63) is 71.0 Å². The highest BCUT2D eigenvalue weighted by molar-refractivity contribution is 6.09. The fraction of sp³-hybridized carbons (Fsp3) is 0.250. The van der Waals surface area contributed by atoms with Crippen molar-refractivity contribution in [1.29, 1.82) is 0 Å². The zero-order chi connectivity index (χ0) is 19.6. The van der Waals surface area contributed by atoms with E-state index in [4.69, 9.17) is 0 Å². The topological polar surface area (TPSA) is 78.5 Å². The summed E-state index contributed by atoms with van der Waals surface area (Å²) in [5.41, 5.74) is 1.06. The van der Waals surface area contributed by atoms with Crippen LogP contribution in [-0.2, 0) is 21.7 Å². The summed E-state index contributed by atoms with van der Waals surface area (Å²) in [7, 11) is 0. The van der Waals surface area contributed by atoms with Crippen LogP contribution in [0.3, 0.4) is 0 Å². The van der Waals surface area contributed by atoms with Crippen LogP contribution in [0.1, 0.15) is 23.6 Å². The molecule has 2 N–H and O–H groups in total. The summed E-state index contributed by atoms with van der Waals surface area (Å²) in [4.78, 5) is 38.1. The summed E-state index contributed by atoms with van der Waals surface area (Å²) in [5, 5.41) is 5.25. The van der Waals surface area contributed by atoms with Crippen molar-refractivity contribution < 1.29 is 18.8 Å². The third-order valence-electron chi connectivity index (χ3n) is 4.58. The fourth-order valence-corrected chi connectivity index (χ4v) is 2.97. The van der Waals surface area contributed by atoms with Crippen LogP contribution in [0.2, 0.25) is 0 Å². The van der Waals surface area contributed by atoms with Gasteiger partial charge in [-0.1, -0.05) is 42.0 Å². The summed E-state index contributed by atoms with van der Waals surface area (Å²) in [6.45, 7) is 3.25. The number of carbonyl (C=O) groups is 3. The number of imide groups is 1. The third-order valence-corrected chi connectivity index (χ3v) is 4.58. The van der Waals surface area contributed by atoms with E-state index in [9.17, 15) is 18.8 Å². The van der Waals surface area contributed by atoms with Crippen molar-refractivity contribution in [3.63, 3.8) is 0 Å². The maximum Gasteiger partial charge on any atom is 0.325 e. The molecule has 1 heterocycles. The lowest BCUT2D eigenvalue weighted by molar-refractivity contribution is -0.134. The van der Waals surface area contributed by atoms with Crippen molar-refractivity contribution in [2.24, 2.45) is 0 Å². The minimum absolute atomic E-state index is 0.107. The third kappa shape index (κ3) is 3.81. The number of rotatable bonds is 5. The predicted octanol–water partition coefficient (Wildman–Crippen LogP) is 2.22. The van der Waals surface area contributed by atoms with Gasteiger partial charge in [-0.25, -0.2) is 9.18 Å². The molecule has 1 aliphatic heterocycles. The molecule has 0 saturated carbocycles. The average Bonchev–Trinajstić information content (AvgIpc) is 2.85. The van der Waals surface area contributed by atoms with E-state index < -0.39 is 35.7 Å². The van der Waals surface area contributed by atoms with Crippen molar-refractivity contribution in [2.45, 2.75) is 25.9 Å². The molecular weight excluding hydrogens is 349 g/mol. The summed E-state index contributed by atoms with van der Waals surface area (Å²) in [6.07, 6.45) is 0. The number of benzene rings is 2. The van der Waals surface area contributed by atoms with Gasteiger partial charge in [-0.2, -0.15) is 0 Å². The summed E-state index contributed by atoms with van der Waals surface area (Å²) < 4.78 is 13.2. The second kappa shape index (κ2) is 7.19. The van der Waals surface area contributed by atoms with Crippen LogP contribution in [0.15, 0.2) is 48.5 Å². The standard InChI is InChI=1S/C20H20FN3O3/c1-13-6-8-15(9-7-13)20(2)18(26)24(19(27)23-20)12-17(25)22-11-14-4-3-5-16(21)10-14/h3-10H,11-12H2,1-2H3,(H,22,25)(H,23,27). The molecule has 7 heteroatoms. The van der Waals surface area contributed by atoms with Gasteiger partial charge in [0.25, 0.3) is 5.91 Å². The Morgan fingerprint density at radius 1 is 1.19 bits per heavy atom. The Hall–Kier alpha value is -3.22. The van der Waals surface area contributed by atoms with Crippen LogP contribution in [0, 0.1) is 12.7 Å². The number of halogens is 1. The highest BCUT2D eigenvalue weighted by atomic mass is 19.1. The quantitative estimate of drug-likeness (QED) is 0.794. The number of carbonyl (C=O) groups excluding carboxylic acids is 3. The zero-order valence-electron chi connectivity index (χ0n) is 15.1. The van der Waals surface area contributed by atoms with Crippen LogP contribution in [0.25, 0.3) is 0 Å². The molecule has 0 spiro atoms. The van der Waals surface area contributed by atoms with Crippen molar-refractivity contribution >= 4 is 17.8 Å². The molecule has 27 heavy (non-hydrogen) atoms. The molecule has 140 valence electrons. The first-order valence-corrected chi connectivity index (χ1v) is 8.52. The second-order valence-corrected chi connectivity index (χ2v) is 6.72. The van der Waals surface area contributed by atoms with Crippen LogP contribution < -0.4 is 10.6 Å². The smallest absolute Gasteiger partial charge is 0.325 e. The molecule has 1 fully saturated rings. The van der Waals surface area contributed by atoms with E-state index in [2.05, 4.69) is 10.6 Å². The SMILES string of the molecule is Cc1ccc(C2(C)NC(=O)N(CC(=O)NCc3cccc(F)c3)C2=O)cc1. The van der Waals surface area contributed by atoms with Gasteiger partial charge < -0.3 is 10.6 Å². The molecule has 3 rings (SSSR count). The zero-order valence-corrected chi connectivity index (χ0v) is 15.1. The molecule has 4 amide bonds. The molecule has 6 nitrogen and oxygen atoms in total. The Morgan fingerprint density at radius 2 is 1.89 bits per heavy atom. The first-order chi connectivity index (χ1) is 12.8. The molecular formula is C20H20FN3O3. The number of aryl methyl sites for hydroxylation is 1. The Kier molecular flexibility index (Phi) is 4.94. The monoisotopic (exact) mass is 369 g/mol. The number of urea groups is 1. The van der Waals surface area contributed by atoms with Gasteiger partial charge in [-0.15, -0.1) is 0 Å². The van der Waals surface area contributed by atoms with E-state index >= 15 is 0 Å². The van der Waals surface area contributed by atoms with Crippen LogP contribution in [0.4, 0.5) is 9.18 Å². The Morgan fingerprint density at radius 3 is 2.56 bits per heavy atom. The van der Waals surface area contributed by atoms with E-state index in [0.29, 0.717) is 11.1 Å². The van der Waals surface area contributed by atoms with E-state index in [1.165, 1.54) is 12.1 Å². The Labute approximate surface area is 156 Å². The minimum Gasteiger partial charge on any atom is -0.350 e.